The predicted octanol–water partition coefficient (Wildman–Crippen LogP) is 0.618. The van der Waals surface area contributed by atoms with E-state index < -0.39 is 5.97 Å². The van der Waals surface area contributed by atoms with Crippen molar-refractivity contribution >= 4 is 17.6 Å². The Bertz CT molecular complexity index is 506. The number of aliphatic carboxylic acids is 1. The zero-order valence-corrected chi connectivity index (χ0v) is 11.9. The Balaban J connectivity index is 1.92. The quantitative estimate of drug-likeness (QED) is 0.751. The van der Waals surface area contributed by atoms with Gasteiger partial charge in [-0.1, -0.05) is 6.92 Å². The first-order chi connectivity index (χ1) is 9.38. The normalized spacial score (nSPS) is 22.9. The van der Waals surface area contributed by atoms with Crippen LogP contribution in [0.3, 0.4) is 0 Å². The van der Waals surface area contributed by atoms with Gasteiger partial charge in [-0.2, -0.15) is 5.10 Å². The first kappa shape index (κ1) is 14.5. The van der Waals surface area contributed by atoms with E-state index in [9.17, 15) is 9.59 Å². The van der Waals surface area contributed by atoms with E-state index in [1.54, 1.807) is 0 Å². The van der Waals surface area contributed by atoms with E-state index in [0.29, 0.717) is 18.8 Å². The number of nitrogens with zero attached hydrogens (tertiary/aromatic N) is 2. The van der Waals surface area contributed by atoms with Crippen molar-refractivity contribution in [2.75, 3.05) is 25.0 Å². The van der Waals surface area contributed by atoms with Crippen molar-refractivity contribution in [1.29, 1.82) is 0 Å². The van der Waals surface area contributed by atoms with Crippen LogP contribution >= 0.6 is 0 Å². The van der Waals surface area contributed by atoms with Crippen LogP contribution in [0.5, 0.6) is 0 Å². The number of nitrogens with one attached hydrogen (secondary N) is 2. The number of hydrogen-bond acceptors (Lipinski definition) is 4. The highest BCUT2D eigenvalue weighted by Gasteiger charge is 2.35. The Kier molecular flexibility index (Phi) is 4.08. The van der Waals surface area contributed by atoms with Crippen LogP contribution in [0.2, 0.25) is 0 Å². The van der Waals surface area contributed by atoms with Gasteiger partial charge >= 0.3 is 5.97 Å². The molecule has 2 unspecified atom stereocenters. The van der Waals surface area contributed by atoms with Crippen molar-refractivity contribution in [1.82, 2.24) is 15.1 Å². The fourth-order valence-corrected chi connectivity index (χ4v) is 2.63. The van der Waals surface area contributed by atoms with Gasteiger partial charge in [0.05, 0.1) is 29.5 Å². The van der Waals surface area contributed by atoms with E-state index in [2.05, 4.69) is 15.5 Å². The fraction of sp³-hybridized carbons (Fsp3) is 0.615. The van der Waals surface area contributed by atoms with Gasteiger partial charge in [0.25, 0.3) is 0 Å². The molecule has 0 bridgehead atoms. The average molecular weight is 280 g/mol. The van der Waals surface area contributed by atoms with Crippen LogP contribution in [0, 0.1) is 25.7 Å². The molecule has 1 fully saturated rings. The Morgan fingerprint density at radius 2 is 2.15 bits per heavy atom. The number of H-pyrrole nitrogens is 1. The molecular formula is C13H20N4O3. The lowest BCUT2D eigenvalue weighted by atomic mass is 9.99. The Labute approximate surface area is 117 Å². The third kappa shape index (κ3) is 2.98. The number of carboxylic acids is 1. The summed E-state index contributed by atoms with van der Waals surface area (Å²) in [6.45, 7) is 6.83. The van der Waals surface area contributed by atoms with E-state index in [-0.39, 0.29) is 24.3 Å². The lowest BCUT2D eigenvalue weighted by Crippen LogP contribution is -2.32. The van der Waals surface area contributed by atoms with Gasteiger partial charge in [0, 0.05) is 13.1 Å². The molecule has 0 aromatic carbocycles. The van der Waals surface area contributed by atoms with Crippen molar-refractivity contribution < 1.29 is 14.7 Å². The summed E-state index contributed by atoms with van der Waals surface area (Å²) in [4.78, 5) is 24.9. The van der Waals surface area contributed by atoms with Crippen molar-refractivity contribution in [2.45, 2.75) is 20.8 Å². The molecule has 1 aliphatic rings. The summed E-state index contributed by atoms with van der Waals surface area (Å²) >= 11 is 0. The van der Waals surface area contributed by atoms with E-state index in [0.717, 1.165) is 11.4 Å². The van der Waals surface area contributed by atoms with Crippen LogP contribution in [-0.2, 0) is 9.59 Å². The summed E-state index contributed by atoms with van der Waals surface area (Å²) in [5.41, 5.74) is 2.26. The van der Waals surface area contributed by atoms with Crippen LogP contribution < -0.4 is 5.32 Å². The molecule has 110 valence electrons. The van der Waals surface area contributed by atoms with Crippen LogP contribution in [0.1, 0.15) is 18.3 Å². The molecule has 7 heteroatoms. The average Bonchev–Trinajstić information content (AvgIpc) is 2.86. The summed E-state index contributed by atoms with van der Waals surface area (Å²) in [5, 5.41) is 18.7. The lowest BCUT2D eigenvalue weighted by Gasteiger charge is -2.14. The smallest absolute Gasteiger partial charge is 0.308 e. The minimum absolute atomic E-state index is 0.0673. The molecule has 20 heavy (non-hydrogen) atoms. The number of aromatic amines is 1. The maximum absolute atomic E-state index is 12.0. The van der Waals surface area contributed by atoms with Gasteiger partial charge in [0.2, 0.25) is 5.91 Å². The summed E-state index contributed by atoms with van der Waals surface area (Å²) in [6, 6.07) is 0. The van der Waals surface area contributed by atoms with Gasteiger partial charge in [-0.05, 0) is 19.8 Å². The van der Waals surface area contributed by atoms with Crippen LogP contribution in [-0.4, -0.2) is 51.7 Å². The molecule has 1 aromatic rings. The molecule has 0 radical (unpaired) electrons. The van der Waals surface area contributed by atoms with Gasteiger partial charge in [0.15, 0.2) is 0 Å². The predicted molar refractivity (Wildman–Crippen MR) is 73.4 cm³/mol. The molecule has 0 aliphatic carbocycles. The van der Waals surface area contributed by atoms with Crippen molar-refractivity contribution in [3.63, 3.8) is 0 Å². The number of amides is 1. The molecule has 2 heterocycles. The first-order valence-corrected chi connectivity index (χ1v) is 6.65. The third-order valence-electron chi connectivity index (χ3n) is 3.76. The number of aromatic nitrogens is 2. The highest BCUT2D eigenvalue weighted by atomic mass is 16.4. The highest BCUT2D eigenvalue weighted by Crippen LogP contribution is 2.23. The molecule has 3 N–H and O–H groups in total. The van der Waals surface area contributed by atoms with E-state index in [1.807, 2.05) is 25.7 Å². The zero-order valence-electron chi connectivity index (χ0n) is 11.9. The second kappa shape index (κ2) is 5.62. The molecule has 0 saturated carbocycles. The third-order valence-corrected chi connectivity index (χ3v) is 3.76. The Hall–Kier alpha value is -1.89. The maximum atomic E-state index is 12.0. The summed E-state index contributed by atoms with van der Waals surface area (Å²) < 4.78 is 0. The summed E-state index contributed by atoms with van der Waals surface area (Å²) in [7, 11) is 0. The molecule has 1 amide bonds. The van der Waals surface area contributed by atoms with Crippen molar-refractivity contribution in [3.8, 4) is 0 Å². The van der Waals surface area contributed by atoms with Crippen LogP contribution in [0.4, 0.5) is 5.69 Å². The van der Waals surface area contributed by atoms with Gasteiger partial charge < -0.3 is 10.4 Å². The van der Waals surface area contributed by atoms with E-state index >= 15 is 0 Å². The number of carbonyl (C=O) groups excluding carboxylic acids is 1. The number of carboxylic acid groups (broad SMARTS) is 1. The molecule has 7 nitrogen and oxygen atoms in total. The van der Waals surface area contributed by atoms with E-state index in [4.69, 9.17) is 5.11 Å². The minimum Gasteiger partial charge on any atom is -0.481 e. The number of rotatable bonds is 4. The first-order valence-electron chi connectivity index (χ1n) is 6.65. The summed E-state index contributed by atoms with van der Waals surface area (Å²) in [5.74, 6) is -1.25. The maximum Gasteiger partial charge on any atom is 0.308 e. The zero-order chi connectivity index (χ0) is 14.9. The Morgan fingerprint density at radius 3 is 2.65 bits per heavy atom. The molecule has 2 atom stereocenters. The monoisotopic (exact) mass is 280 g/mol. The SMILES string of the molecule is Cc1n[nH]c(C)c1NC(=O)CN1CC(C)C(C(=O)O)C1. The topological polar surface area (TPSA) is 98.3 Å². The molecular weight excluding hydrogens is 260 g/mol. The van der Waals surface area contributed by atoms with Crippen LogP contribution in [0.15, 0.2) is 0 Å². The molecule has 1 saturated heterocycles. The lowest BCUT2D eigenvalue weighted by molar-refractivity contribution is -0.142. The van der Waals surface area contributed by atoms with Gasteiger partial charge in [-0.3, -0.25) is 19.6 Å². The standard InChI is InChI=1S/C13H20N4O3/c1-7-4-17(5-10(7)13(19)20)6-11(18)14-12-8(2)15-16-9(12)3/h7,10H,4-6H2,1-3H3,(H,14,18)(H,15,16)(H,19,20). The largest absolute Gasteiger partial charge is 0.481 e. The molecule has 0 spiro atoms. The van der Waals surface area contributed by atoms with Gasteiger partial charge in [-0.15, -0.1) is 0 Å². The van der Waals surface area contributed by atoms with E-state index in [1.165, 1.54) is 0 Å². The second-order valence-corrected chi connectivity index (χ2v) is 5.47. The Morgan fingerprint density at radius 1 is 1.45 bits per heavy atom. The van der Waals surface area contributed by atoms with Crippen LogP contribution in [0.25, 0.3) is 0 Å². The number of anilines is 1. The highest BCUT2D eigenvalue weighted by molar-refractivity contribution is 5.93. The van der Waals surface area contributed by atoms with Crippen molar-refractivity contribution in [2.24, 2.45) is 11.8 Å². The second-order valence-electron chi connectivity index (χ2n) is 5.47. The molecule has 1 aliphatic heterocycles. The van der Waals surface area contributed by atoms with Crippen molar-refractivity contribution in [3.05, 3.63) is 11.4 Å². The number of carbonyl (C=O) groups is 2. The molecule has 1 aromatic heterocycles. The fourth-order valence-electron chi connectivity index (χ4n) is 2.63. The number of aryl methyl sites for hydroxylation is 2. The molecule has 2 rings (SSSR count). The summed E-state index contributed by atoms with van der Waals surface area (Å²) in [6.07, 6.45) is 0. The van der Waals surface area contributed by atoms with Gasteiger partial charge in [-0.25, -0.2) is 0 Å². The number of likely N-dealkylation sites (tertiary alicyclic amines) is 1. The van der Waals surface area contributed by atoms with Gasteiger partial charge in [0.1, 0.15) is 0 Å². The minimum atomic E-state index is -0.790. The number of hydrogen-bond donors (Lipinski definition) is 3.